The number of phenols is 1. The molecule has 69 valence electrons. The van der Waals surface area contributed by atoms with Crippen molar-refractivity contribution in [3.8, 4) is 5.75 Å². The van der Waals surface area contributed by atoms with Gasteiger partial charge in [0.1, 0.15) is 5.75 Å². The molecule has 0 aliphatic heterocycles. The first-order chi connectivity index (χ1) is 6.18. The standard InChI is InChI=1S/C10H12NO2/c11-10(13)3-1-2-8-4-6-9(12)7-5-8/h1,4-7,12H,2-3H2,(H2,11,13). The van der Waals surface area contributed by atoms with Crippen molar-refractivity contribution in [1.29, 1.82) is 0 Å². The van der Waals surface area contributed by atoms with Crippen LogP contribution in [0.15, 0.2) is 24.3 Å². The minimum absolute atomic E-state index is 0.249. The van der Waals surface area contributed by atoms with Gasteiger partial charge in [-0.05, 0) is 30.5 Å². The van der Waals surface area contributed by atoms with Gasteiger partial charge in [-0.25, -0.2) is 0 Å². The predicted octanol–water partition coefficient (Wildman–Crippen LogP) is 1.01. The largest absolute Gasteiger partial charge is 0.508 e. The molecule has 1 radical (unpaired) electrons. The van der Waals surface area contributed by atoms with E-state index in [1.807, 2.05) is 18.6 Å². The number of hydrogen-bond acceptors (Lipinski definition) is 2. The summed E-state index contributed by atoms with van der Waals surface area (Å²) in [7, 11) is 0. The number of hydrogen-bond donors (Lipinski definition) is 2. The minimum atomic E-state index is -0.321. The lowest BCUT2D eigenvalue weighted by molar-refractivity contribution is -0.117. The van der Waals surface area contributed by atoms with Crippen LogP contribution in [0.4, 0.5) is 0 Å². The van der Waals surface area contributed by atoms with Gasteiger partial charge in [-0.2, -0.15) is 0 Å². The maximum Gasteiger partial charge on any atom is 0.217 e. The van der Waals surface area contributed by atoms with E-state index in [4.69, 9.17) is 10.8 Å². The molecule has 3 nitrogen and oxygen atoms in total. The predicted molar refractivity (Wildman–Crippen MR) is 49.9 cm³/mol. The highest BCUT2D eigenvalue weighted by Crippen LogP contribution is 2.11. The summed E-state index contributed by atoms with van der Waals surface area (Å²) in [6.45, 7) is 0. The molecule has 1 aromatic rings. The Labute approximate surface area is 77.2 Å². The van der Waals surface area contributed by atoms with E-state index in [9.17, 15) is 4.79 Å². The number of nitrogens with two attached hydrogens (primary N) is 1. The Balaban J connectivity index is 2.37. The quantitative estimate of drug-likeness (QED) is 0.722. The van der Waals surface area contributed by atoms with Crippen LogP contribution in [-0.2, 0) is 11.2 Å². The fraction of sp³-hybridized carbons (Fsp3) is 0.200. The summed E-state index contributed by atoms with van der Waals surface area (Å²) < 4.78 is 0. The van der Waals surface area contributed by atoms with Gasteiger partial charge in [0, 0.05) is 6.42 Å². The second kappa shape index (κ2) is 4.50. The molecule has 1 rings (SSSR count). The smallest absolute Gasteiger partial charge is 0.217 e. The maximum absolute atomic E-state index is 10.4. The summed E-state index contributed by atoms with van der Waals surface area (Å²) in [4.78, 5) is 10.4. The van der Waals surface area contributed by atoms with Gasteiger partial charge in [-0.15, -0.1) is 0 Å². The lowest BCUT2D eigenvalue weighted by atomic mass is 10.1. The molecule has 13 heavy (non-hydrogen) atoms. The van der Waals surface area contributed by atoms with Crippen LogP contribution in [0.3, 0.4) is 0 Å². The maximum atomic E-state index is 10.4. The zero-order valence-electron chi connectivity index (χ0n) is 7.23. The van der Waals surface area contributed by atoms with Gasteiger partial charge in [0.2, 0.25) is 5.91 Å². The SMILES string of the molecule is NC(=O)C[CH]Cc1ccc(O)cc1. The lowest BCUT2D eigenvalue weighted by Crippen LogP contribution is -2.10. The van der Waals surface area contributed by atoms with E-state index in [2.05, 4.69) is 0 Å². The normalized spacial score (nSPS) is 9.85. The second-order valence-corrected chi connectivity index (χ2v) is 2.83. The summed E-state index contributed by atoms with van der Waals surface area (Å²) in [5, 5.41) is 8.99. The molecule has 0 aromatic heterocycles. The first-order valence-corrected chi connectivity index (χ1v) is 4.06. The molecule has 1 aromatic carbocycles. The molecule has 0 atom stereocenters. The van der Waals surface area contributed by atoms with Crippen LogP contribution in [-0.4, -0.2) is 11.0 Å². The average molecular weight is 178 g/mol. The molecular weight excluding hydrogens is 166 g/mol. The van der Waals surface area contributed by atoms with Crippen LogP contribution < -0.4 is 5.73 Å². The second-order valence-electron chi connectivity index (χ2n) is 2.83. The summed E-state index contributed by atoms with van der Waals surface area (Å²) in [5.74, 6) is -0.0718. The number of carbonyl (C=O) groups excluding carboxylic acids is 1. The van der Waals surface area contributed by atoms with Crippen molar-refractivity contribution >= 4 is 5.91 Å². The summed E-state index contributed by atoms with van der Waals surface area (Å²) in [5.41, 5.74) is 6.03. The van der Waals surface area contributed by atoms with Gasteiger partial charge >= 0.3 is 0 Å². The van der Waals surface area contributed by atoms with E-state index in [1.54, 1.807) is 12.1 Å². The molecule has 0 aliphatic carbocycles. The topological polar surface area (TPSA) is 63.3 Å². The first kappa shape index (κ1) is 9.58. The Kier molecular flexibility index (Phi) is 3.31. The van der Waals surface area contributed by atoms with Gasteiger partial charge in [0.25, 0.3) is 0 Å². The zero-order chi connectivity index (χ0) is 9.68. The minimum Gasteiger partial charge on any atom is -0.508 e. The molecule has 3 heteroatoms. The zero-order valence-corrected chi connectivity index (χ0v) is 7.23. The lowest BCUT2D eigenvalue weighted by Gasteiger charge is -1.99. The van der Waals surface area contributed by atoms with Crippen molar-refractivity contribution in [3.63, 3.8) is 0 Å². The summed E-state index contributed by atoms with van der Waals surface area (Å²) in [6, 6.07) is 6.86. The Morgan fingerprint density at radius 3 is 2.54 bits per heavy atom. The van der Waals surface area contributed by atoms with Crippen molar-refractivity contribution in [2.45, 2.75) is 12.8 Å². The van der Waals surface area contributed by atoms with Gasteiger partial charge in [-0.3, -0.25) is 4.79 Å². The molecule has 0 saturated heterocycles. The summed E-state index contributed by atoms with van der Waals surface area (Å²) in [6.07, 6.45) is 2.80. The Hall–Kier alpha value is -1.51. The van der Waals surface area contributed by atoms with Crippen LogP contribution in [0.5, 0.6) is 5.75 Å². The number of phenolic OH excluding ortho intramolecular Hbond substituents is 1. The molecule has 0 saturated carbocycles. The molecule has 3 N–H and O–H groups in total. The first-order valence-electron chi connectivity index (χ1n) is 4.06. The van der Waals surface area contributed by atoms with E-state index in [0.717, 1.165) is 5.56 Å². The number of amides is 1. The third-order valence-electron chi connectivity index (χ3n) is 1.66. The van der Waals surface area contributed by atoms with Gasteiger partial charge in [0.15, 0.2) is 0 Å². The Morgan fingerprint density at radius 1 is 1.38 bits per heavy atom. The molecule has 0 bridgehead atoms. The third-order valence-corrected chi connectivity index (χ3v) is 1.66. The van der Waals surface area contributed by atoms with Crippen molar-refractivity contribution in [3.05, 3.63) is 36.2 Å². The average Bonchev–Trinajstić information content (AvgIpc) is 2.08. The number of benzene rings is 1. The monoisotopic (exact) mass is 178 g/mol. The highest BCUT2D eigenvalue weighted by atomic mass is 16.3. The number of aromatic hydroxyl groups is 1. The highest BCUT2D eigenvalue weighted by molar-refractivity contribution is 5.74. The molecule has 0 fully saturated rings. The molecule has 0 aliphatic rings. The van der Waals surface area contributed by atoms with E-state index in [-0.39, 0.29) is 11.7 Å². The highest BCUT2D eigenvalue weighted by Gasteiger charge is 1.96. The third kappa shape index (κ3) is 3.60. The molecule has 0 spiro atoms. The van der Waals surface area contributed by atoms with Crippen molar-refractivity contribution in [1.82, 2.24) is 0 Å². The van der Waals surface area contributed by atoms with Crippen LogP contribution in [0.2, 0.25) is 0 Å². The van der Waals surface area contributed by atoms with Crippen molar-refractivity contribution in [2.75, 3.05) is 0 Å². The molecular formula is C10H12NO2. The molecule has 0 heterocycles. The van der Waals surface area contributed by atoms with Crippen LogP contribution in [0.25, 0.3) is 0 Å². The molecule has 0 unspecified atom stereocenters. The van der Waals surface area contributed by atoms with Crippen LogP contribution >= 0.6 is 0 Å². The Morgan fingerprint density at radius 2 is 2.00 bits per heavy atom. The van der Waals surface area contributed by atoms with Gasteiger partial charge in [0.05, 0.1) is 0 Å². The van der Waals surface area contributed by atoms with Gasteiger partial charge in [-0.1, -0.05) is 12.1 Å². The Bertz CT molecular complexity index is 279. The van der Waals surface area contributed by atoms with E-state index in [0.29, 0.717) is 12.8 Å². The number of carbonyl (C=O) groups is 1. The van der Waals surface area contributed by atoms with Crippen molar-refractivity contribution < 1.29 is 9.90 Å². The number of rotatable bonds is 4. The van der Waals surface area contributed by atoms with E-state index in [1.165, 1.54) is 0 Å². The van der Waals surface area contributed by atoms with Crippen LogP contribution in [0.1, 0.15) is 12.0 Å². The van der Waals surface area contributed by atoms with Crippen LogP contribution in [0, 0.1) is 6.42 Å². The van der Waals surface area contributed by atoms with E-state index >= 15 is 0 Å². The fourth-order valence-electron chi connectivity index (χ4n) is 1.01. The van der Waals surface area contributed by atoms with E-state index < -0.39 is 0 Å². The summed E-state index contributed by atoms with van der Waals surface area (Å²) >= 11 is 0. The number of primary amides is 1. The molecule has 1 amide bonds. The fourth-order valence-corrected chi connectivity index (χ4v) is 1.01. The van der Waals surface area contributed by atoms with Gasteiger partial charge < -0.3 is 10.8 Å². The van der Waals surface area contributed by atoms with Crippen molar-refractivity contribution in [2.24, 2.45) is 5.73 Å².